The average Bonchev–Trinajstić information content (AvgIpc) is 2.96. The van der Waals surface area contributed by atoms with Gasteiger partial charge in [-0.25, -0.2) is 18.4 Å². The third kappa shape index (κ3) is 6.06. The number of rotatable bonds is 8. The van der Waals surface area contributed by atoms with Gasteiger partial charge >= 0.3 is 0 Å². The van der Waals surface area contributed by atoms with Gasteiger partial charge in [-0.1, -0.05) is 35.6 Å². The molecular weight excluding hydrogens is 536 g/mol. The second-order valence-electron chi connectivity index (χ2n) is 8.56. The Balaban J connectivity index is 1.47. The predicted molar refractivity (Wildman–Crippen MR) is 150 cm³/mol. The second kappa shape index (κ2) is 11.6. The molecule has 0 spiro atoms. The molecule has 2 aromatic heterocycles. The van der Waals surface area contributed by atoms with Gasteiger partial charge < -0.3 is 10.2 Å². The largest absolute Gasteiger partial charge is 0.374 e. The van der Waals surface area contributed by atoms with Gasteiger partial charge in [0, 0.05) is 38.6 Å². The zero-order valence-electron chi connectivity index (χ0n) is 20.6. The number of benzene rings is 2. The number of allylic oxidation sites excluding steroid dienone is 1. The molecule has 5 rings (SSSR count). The fraction of sp³-hybridized carbons (Fsp3) is 0.154. The first-order valence-corrected chi connectivity index (χ1v) is 13.9. The molecule has 0 unspecified atom stereocenters. The lowest BCUT2D eigenvalue weighted by Crippen LogP contribution is -2.40. The van der Waals surface area contributed by atoms with Crippen LogP contribution in [0.1, 0.15) is 5.69 Å². The first-order chi connectivity index (χ1) is 18.9. The maximum absolute atomic E-state index is 12.7. The Bertz CT molecular complexity index is 1710. The molecule has 198 valence electrons. The van der Waals surface area contributed by atoms with E-state index in [0.717, 1.165) is 32.5 Å². The van der Waals surface area contributed by atoms with Crippen molar-refractivity contribution in [2.45, 2.75) is 4.90 Å². The molecular formula is C26H24N8O3S2. The van der Waals surface area contributed by atoms with Gasteiger partial charge in [0.25, 0.3) is 10.0 Å². The Morgan fingerprint density at radius 2 is 1.77 bits per heavy atom. The maximum Gasteiger partial charge on any atom is 0.263 e. The zero-order valence-corrected chi connectivity index (χ0v) is 22.3. The lowest BCUT2D eigenvalue weighted by Gasteiger charge is -2.26. The molecule has 2 N–H and O–H groups in total. The Kier molecular flexibility index (Phi) is 7.81. The van der Waals surface area contributed by atoms with Crippen molar-refractivity contribution < 1.29 is 13.2 Å². The van der Waals surface area contributed by atoms with Gasteiger partial charge in [-0.15, -0.1) is 5.11 Å². The van der Waals surface area contributed by atoms with E-state index in [-0.39, 0.29) is 15.4 Å². The lowest BCUT2D eigenvalue weighted by atomic mass is 10.2. The molecule has 0 bridgehead atoms. The molecule has 13 heteroatoms. The molecule has 0 amide bonds. The van der Waals surface area contributed by atoms with Crippen molar-refractivity contribution in [1.82, 2.24) is 24.9 Å². The average molecular weight is 561 g/mol. The highest BCUT2D eigenvalue weighted by Gasteiger charge is 2.16. The van der Waals surface area contributed by atoms with Gasteiger partial charge in [-0.05, 0) is 48.5 Å². The van der Waals surface area contributed by atoms with Crippen molar-refractivity contribution in [2.24, 2.45) is 10.3 Å². The summed E-state index contributed by atoms with van der Waals surface area (Å²) in [6.07, 6.45) is 4.02. The lowest BCUT2D eigenvalue weighted by molar-refractivity contribution is -0.103. The van der Waals surface area contributed by atoms with E-state index in [2.05, 4.69) is 35.2 Å². The van der Waals surface area contributed by atoms with Gasteiger partial charge in [0.1, 0.15) is 11.5 Å². The molecule has 0 aliphatic carbocycles. The SMILES string of the molecule is O=C/C(=C\N1CCNCC1)c1nc2ccccc2n(N=Nc2ccc(S(=O)(=O)Nc3ccccn3)cc2)c1=S. The van der Waals surface area contributed by atoms with E-state index in [0.29, 0.717) is 28.0 Å². The highest BCUT2D eigenvalue weighted by molar-refractivity contribution is 7.92. The van der Waals surface area contributed by atoms with Crippen molar-refractivity contribution in [3.05, 3.63) is 89.5 Å². The van der Waals surface area contributed by atoms with Gasteiger partial charge in [-0.2, -0.15) is 4.68 Å². The van der Waals surface area contributed by atoms with Crippen LogP contribution in [-0.4, -0.2) is 60.4 Å². The number of carbonyl (C=O) groups excluding carboxylic acids is 1. The number of nitrogens with one attached hydrogen (secondary N) is 2. The highest BCUT2D eigenvalue weighted by atomic mass is 32.2. The van der Waals surface area contributed by atoms with Crippen LogP contribution in [0.25, 0.3) is 16.6 Å². The summed E-state index contributed by atoms with van der Waals surface area (Å²) in [5, 5.41) is 11.9. The van der Waals surface area contributed by atoms with Crippen LogP contribution in [0.3, 0.4) is 0 Å². The number of pyridine rings is 1. The van der Waals surface area contributed by atoms with Gasteiger partial charge in [-0.3, -0.25) is 9.52 Å². The summed E-state index contributed by atoms with van der Waals surface area (Å²) in [7, 11) is -3.83. The molecule has 2 aromatic carbocycles. The summed E-state index contributed by atoms with van der Waals surface area (Å²) in [5.41, 5.74) is 2.30. The fourth-order valence-corrected chi connectivity index (χ4v) is 5.26. The summed E-state index contributed by atoms with van der Waals surface area (Å²) < 4.78 is 29.5. The number of carbonyl (C=O) groups is 1. The molecule has 39 heavy (non-hydrogen) atoms. The van der Waals surface area contributed by atoms with E-state index in [1.165, 1.54) is 35.1 Å². The summed E-state index contributed by atoms with van der Waals surface area (Å²) in [5.74, 6) is 0.219. The number of sulfonamides is 1. The monoisotopic (exact) mass is 560 g/mol. The quantitative estimate of drug-likeness (QED) is 0.143. The Morgan fingerprint density at radius 3 is 2.49 bits per heavy atom. The first-order valence-electron chi connectivity index (χ1n) is 12.0. The van der Waals surface area contributed by atoms with E-state index >= 15 is 0 Å². The molecule has 1 aliphatic heterocycles. The third-order valence-corrected chi connectivity index (χ3v) is 7.65. The van der Waals surface area contributed by atoms with Gasteiger partial charge in [0.2, 0.25) is 0 Å². The van der Waals surface area contributed by atoms with Gasteiger partial charge in [0.15, 0.2) is 10.9 Å². The summed E-state index contributed by atoms with van der Waals surface area (Å²) >= 11 is 5.70. The molecule has 1 saturated heterocycles. The van der Waals surface area contributed by atoms with E-state index in [1.54, 1.807) is 36.5 Å². The van der Waals surface area contributed by atoms with E-state index in [4.69, 9.17) is 12.2 Å². The highest BCUT2D eigenvalue weighted by Crippen LogP contribution is 2.23. The normalized spacial score (nSPS) is 14.6. The fourth-order valence-electron chi connectivity index (χ4n) is 3.96. The number of hydrogen-bond acceptors (Lipinski definition) is 10. The van der Waals surface area contributed by atoms with Crippen LogP contribution in [0.2, 0.25) is 0 Å². The van der Waals surface area contributed by atoms with Crippen molar-refractivity contribution in [1.29, 1.82) is 0 Å². The minimum Gasteiger partial charge on any atom is -0.374 e. The molecule has 0 atom stereocenters. The smallest absolute Gasteiger partial charge is 0.263 e. The van der Waals surface area contributed by atoms with Crippen molar-refractivity contribution in [3.8, 4) is 0 Å². The zero-order chi connectivity index (χ0) is 27.2. The van der Waals surface area contributed by atoms with Crippen LogP contribution in [0.4, 0.5) is 11.5 Å². The van der Waals surface area contributed by atoms with Crippen LogP contribution in [0, 0.1) is 4.64 Å². The van der Waals surface area contributed by atoms with E-state index < -0.39 is 10.0 Å². The van der Waals surface area contributed by atoms with E-state index in [9.17, 15) is 13.2 Å². The summed E-state index contributed by atoms with van der Waals surface area (Å²) in [6.45, 7) is 3.17. The van der Waals surface area contributed by atoms with Crippen LogP contribution in [0.5, 0.6) is 0 Å². The Labute approximate surface area is 230 Å². The molecule has 1 aliphatic rings. The summed E-state index contributed by atoms with van der Waals surface area (Å²) in [6, 6.07) is 18.1. The molecule has 1 fully saturated rings. The number of aldehydes is 1. The standard InChI is InChI=1S/C26H24N8O3S2/c35-18-19(17-33-15-13-27-14-16-33)25-26(38)34(23-6-2-1-5-22(23)29-25)32-30-20-8-10-21(11-9-20)39(36,37)31-24-7-3-4-12-28-24/h1-12,17-18,27H,13-16H2,(H,28,31)/b19-17+,32-30?. The van der Waals surface area contributed by atoms with Crippen molar-refractivity contribution in [2.75, 3.05) is 30.9 Å². The minimum atomic E-state index is -3.83. The third-order valence-electron chi connectivity index (χ3n) is 5.91. The number of fused-ring (bicyclic) bond motifs is 1. The second-order valence-corrected chi connectivity index (χ2v) is 10.6. The van der Waals surface area contributed by atoms with Gasteiger partial charge in [0.05, 0.1) is 27.2 Å². The number of piperazine rings is 1. The van der Waals surface area contributed by atoms with Crippen LogP contribution >= 0.6 is 12.2 Å². The topological polar surface area (TPSA) is 134 Å². The predicted octanol–water partition coefficient (Wildman–Crippen LogP) is 3.95. The first kappa shape index (κ1) is 26.3. The Morgan fingerprint density at radius 1 is 1.03 bits per heavy atom. The number of aromatic nitrogens is 3. The molecule has 4 aromatic rings. The maximum atomic E-state index is 12.7. The number of hydrogen-bond donors (Lipinski definition) is 2. The van der Waals surface area contributed by atoms with Crippen LogP contribution in [-0.2, 0) is 14.8 Å². The molecule has 3 heterocycles. The van der Waals surface area contributed by atoms with Crippen molar-refractivity contribution in [3.63, 3.8) is 0 Å². The molecule has 0 saturated carbocycles. The van der Waals surface area contributed by atoms with Crippen LogP contribution in [0.15, 0.2) is 94.4 Å². The number of anilines is 1. The minimum absolute atomic E-state index is 0.0500. The summed E-state index contributed by atoms with van der Waals surface area (Å²) in [4.78, 5) is 22.8. The van der Waals surface area contributed by atoms with E-state index in [1.807, 2.05) is 12.1 Å². The number of nitrogens with zero attached hydrogens (tertiary/aromatic N) is 6. The van der Waals surface area contributed by atoms with Crippen molar-refractivity contribution >= 4 is 56.6 Å². The molecule has 0 radical (unpaired) electrons. The Hall–Kier alpha value is -4.33. The van der Waals surface area contributed by atoms with Crippen LogP contribution < -0.4 is 10.0 Å². The molecule has 11 nitrogen and oxygen atoms in total. The number of para-hydroxylation sites is 2.